The van der Waals surface area contributed by atoms with Crippen LogP contribution < -0.4 is 5.43 Å². The van der Waals surface area contributed by atoms with Gasteiger partial charge in [-0.2, -0.15) is 0 Å². The Morgan fingerprint density at radius 1 is 1.70 bits per heavy atom. The first kappa shape index (κ1) is 9.29. The molecule has 0 rings (SSSR count). The minimum atomic E-state index is -2.70. The van der Waals surface area contributed by atoms with E-state index in [-0.39, 0.29) is 0 Å². The molecule has 0 aliphatic rings. The van der Waals surface area contributed by atoms with Crippen LogP contribution in [0.2, 0.25) is 0 Å². The fourth-order valence-electron chi connectivity index (χ4n) is 0.567. The summed E-state index contributed by atoms with van der Waals surface area (Å²) in [6.45, 7) is 2.05. The number of nitrogens with one attached hydrogen (secondary N) is 2. The number of alkyl halides is 2. The third-order valence-electron chi connectivity index (χ3n) is 1.08. The van der Waals surface area contributed by atoms with Crippen molar-refractivity contribution < 1.29 is 8.78 Å². The third-order valence-corrected chi connectivity index (χ3v) is 1.08. The Morgan fingerprint density at radius 2 is 2.20 bits per heavy atom. The predicted octanol–water partition coefficient (Wildman–Crippen LogP) is 0.685. The van der Waals surface area contributed by atoms with Gasteiger partial charge < -0.3 is 0 Å². The summed E-state index contributed by atoms with van der Waals surface area (Å²) in [4.78, 5) is 0. The van der Waals surface area contributed by atoms with Crippen molar-refractivity contribution >= 4 is 5.84 Å². The summed E-state index contributed by atoms with van der Waals surface area (Å²) in [7, 11) is 1.50. The lowest BCUT2D eigenvalue weighted by atomic mass is 10.5. The van der Waals surface area contributed by atoms with Crippen LogP contribution in [0, 0.1) is 5.41 Å². The van der Waals surface area contributed by atoms with E-state index in [4.69, 9.17) is 5.41 Å². The second kappa shape index (κ2) is 4.16. The molecule has 0 aliphatic heterocycles. The molecule has 10 heavy (non-hydrogen) atoms. The summed E-state index contributed by atoms with van der Waals surface area (Å²) in [5, 5.41) is 7.89. The molecule has 0 radical (unpaired) electrons. The van der Waals surface area contributed by atoms with Crippen LogP contribution in [0.15, 0.2) is 0 Å². The van der Waals surface area contributed by atoms with Gasteiger partial charge in [0.15, 0.2) is 5.84 Å². The van der Waals surface area contributed by atoms with E-state index < -0.39 is 12.3 Å². The first-order chi connectivity index (χ1) is 4.63. The van der Waals surface area contributed by atoms with Gasteiger partial charge in [-0.3, -0.25) is 10.4 Å². The van der Waals surface area contributed by atoms with Gasteiger partial charge in [0.25, 0.3) is 6.43 Å². The lowest BCUT2D eigenvalue weighted by Crippen LogP contribution is -2.43. The largest absolute Gasteiger partial charge is 0.295 e. The van der Waals surface area contributed by atoms with Crippen LogP contribution in [0.3, 0.4) is 0 Å². The van der Waals surface area contributed by atoms with E-state index in [0.717, 1.165) is 5.01 Å². The maximum absolute atomic E-state index is 11.7. The van der Waals surface area contributed by atoms with Crippen molar-refractivity contribution in [1.82, 2.24) is 10.4 Å². The van der Waals surface area contributed by atoms with Crippen molar-refractivity contribution in [1.29, 1.82) is 5.41 Å². The normalized spacial score (nSPS) is 10.1. The number of hydrazine groups is 1. The Kier molecular flexibility index (Phi) is 3.87. The third kappa shape index (κ3) is 2.26. The molecule has 0 aromatic carbocycles. The summed E-state index contributed by atoms with van der Waals surface area (Å²) in [5.41, 5.74) is 2.46. The zero-order chi connectivity index (χ0) is 8.15. The Hall–Kier alpha value is -0.710. The van der Waals surface area contributed by atoms with Crippen LogP contribution >= 0.6 is 0 Å². The van der Waals surface area contributed by atoms with Gasteiger partial charge >= 0.3 is 0 Å². The van der Waals surface area contributed by atoms with Gasteiger partial charge in [0, 0.05) is 13.6 Å². The molecule has 5 heteroatoms. The molecule has 0 aromatic heterocycles. The Morgan fingerprint density at radius 3 is 2.30 bits per heavy atom. The first-order valence-corrected chi connectivity index (χ1v) is 2.95. The quantitative estimate of drug-likeness (QED) is 0.354. The minimum absolute atomic E-state index is 0.361. The zero-order valence-electron chi connectivity index (χ0n) is 5.99. The highest BCUT2D eigenvalue weighted by molar-refractivity contribution is 5.81. The Bertz CT molecular complexity index is 111. The zero-order valence-corrected chi connectivity index (χ0v) is 5.99. The Labute approximate surface area is 58.5 Å². The second-order valence-corrected chi connectivity index (χ2v) is 1.65. The molecule has 0 bridgehead atoms. The van der Waals surface area contributed by atoms with Gasteiger partial charge in [0.1, 0.15) is 0 Å². The lowest BCUT2D eigenvalue weighted by molar-refractivity contribution is 0.189. The maximum atomic E-state index is 11.7. The highest BCUT2D eigenvalue weighted by Gasteiger charge is 2.15. The number of halogens is 2. The monoisotopic (exact) mass is 151 g/mol. The van der Waals surface area contributed by atoms with E-state index >= 15 is 0 Å². The molecule has 0 unspecified atom stereocenters. The van der Waals surface area contributed by atoms with Crippen LogP contribution in [0.5, 0.6) is 0 Å². The van der Waals surface area contributed by atoms with Crippen LogP contribution in [-0.2, 0) is 0 Å². The van der Waals surface area contributed by atoms with Crippen molar-refractivity contribution in [2.24, 2.45) is 0 Å². The maximum Gasteiger partial charge on any atom is 0.295 e. The van der Waals surface area contributed by atoms with Gasteiger partial charge in [0.2, 0.25) is 0 Å². The molecule has 0 saturated carbocycles. The average Bonchev–Trinajstić information content (AvgIpc) is 1.90. The van der Waals surface area contributed by atoms with Crippen LogP contribution in [0.4, 0.5) is 8.78 Å². The molecule has 0 amide bonds. The van der Waals surface area contributed by atoms with E-state index in [0.29, 0.717) is 6.54 Å². The van der Waals surface area contributed by atoms with Gasteiger partial charge in [-0.15, -0.1) is 0 Å². The average molecular weight is 151 g/mol. The molecule has 0 spiro atoms. The van der Waals surface area contributed by atoms with Crippen molar-refractivity contribution in [3.63, 3.8) is 0 Å². The Balaban J connectivity index is 3.89. The van der Waals surface area contributed by atoms with Gasteiger partial charge in [-0.1, -0.05) is 0 Å². The van der Waals surface area contributed by atoms with Gasteiger partial charge in [-0.05, 0) is 6.92 Å². The van der Waals surface area contributed by atoms with Crippen molar-refractivity contribution in [2.75, 3.05) is 13.6 Å². The van der Waals surface area contributed by atoms with E-state index in [2.05, 4.69) is 5.43 Å². The molecule has 0 fully saturated rings. The number of hydrogen-bond acceptors (Lipinski definition) is 2. The van der Waals surface area contributed by atoms with Gasteiger partial charge in [0.05, 0.1) is 0 Å². The lowest BCUT2D eigenvalue weighted by Gasteiger charge is -2.20. The molecule has 0 atom stereocenters. The molecule has 0 aromatic rings. The molecule has 3 nitrogen and oxygen atoms in total. The van der Waals surface area contributed by atoms with Crippen LogP contribution in [0.1, 0.15) is 6.92 Å². The van der Waals surface area contributed by atoms with E-state index in [1.165, 1.54) is 7.05 Å². The summed E-state index contributed by atoms with van der Waals surface area (Å²) >= 11 is 0. The number of nitrogens with zero attached hydrogens (tertiary/aromatic N) is 1. The number of amidine groups is 1. The first-order valence-electron chi connectivity index (χ1n) is 2.95. The highest BCUT2D eigenvalue weighted by atomic mass is 19.3. The summed E-state index contributed by atoms with van der Waals surface area (Å²) in [5.74, 6) is -0.690. The van der Waals surface area contributed by atoms with Crippen molar-refractivity contribution in [3.05, 3.63) is 0 Å². The fraction of sp³-hybridized carbons (Fsp3) is 0.800. The molecule has 2 N–H and O–H groups in total. The fourth-order valence-corrected chi connectivity index (χ4v) is 0.567. The topological polar surface area (TPSA) is 39.1 Å². The highest BCUT2D eigenvalue weighted by Crippen LogP contribution is 1.97. The van der Waals surface area contributed by atoms with Gasteiger partial charge in [-0.25, -0.2) is 14.2 Å². The smallest absolute Gasteiger partial charge is 0.292 e. The summed E-state index contributed by atoms with van der Waals surface area (Å²) in [6, 6.07) is 0. The standard InChI is InChI=1S/C5H11F2N3/c1-3-10(9-2)5(8)4(6)7/h4,8-9H,3H2,1-2H3. The van der Waals surface area contributed by atoms with E-state index in [9.17, 15) is 8.78 Å². The number of rotatable bonds is 3. The summed E-state index contributed by atoms with van der Waals surface area (Å²) < 4.78 is 23.5. The summed E-state index contributed by atoms with van der Waals surface area (Å²) in [6.07, 6.45) is -2.70. The van der Waals surface area contributed by atoms with Crippen molar-refractivity contribution in [3.8, 4) is 0 Å². The predicted molar refractivity (Wildman–Crippen MR) is 35.2 cm³/mol. The molecule has 60 valence electrons. The second-order valence-electron chi connectivity index (χ2n) is 1.65. The number of hydrogen-bond donors (Lipinski definition) is 2. The van der Waals surface area contributed by atoms with Crippen LogP contribution in [-0.4, -0.2) is 30.9 Å². The molecule has 0 saturated heterocycles. The molecule has 0 aliphatic carbocycles. The van der Waals surface area contributed by atoms with E-state index in [1.54, 1.807) is 6.92 Å². The van der Waals surface area contributed by atoms with Crippen LogP contribution in [0.25, 0.3) is 0 Å². The van der Waals surface area contributed by atoms with Crippen molar-refractivity contribution in [2.45, 2.75) is 13.3 Å². The SMILES string of the molecule is CCN(NC)C(=N)C(F)F. The molecule has 0 heterocycles. The molecular weight excluding hydrogens is 140 g/mol. The molecular formula is C5H11F2N3. The van der Waals surface area contributed by atoms with E-state index in [1.807, 2.05) is 0 Å². The minimum Gasteiger partial charge on any atom is -0.292 e.